The van der Waals surface area contributed by atoms with Crippen LogP contribution in [0.5, 0.6) is 5.75 Å². The molecule has 136 valence electrons. The Morgan fingerprint density at radius 1 is 1.23 bits per heavy atom. The van der Waals surface area contributed by atoms with Gasteiger partial charge < -0.3 is 15.0 Å². The van der Waals surface area contributed by atoms with Crippen LogP contribution in [0.15, 0.2) is 53.0 Å². The molecule has 1 aliphatic heterocycles. The van der Waals surface area contributed by atoms with Crippen molar-refractivity contribution in [1.82, 2.24) is 5.32 Å². The van der Waals surface area contributed by atoms with Crippen LogP contribution < -0.4 is 15.0 Å². The maximum Gasteiger partial charge on any atom is 0.227 e. The number of amides is 2. The minimum Gasteiger partial charge on any atom is -0.489 e. The van der Waals surface area contributed by atoms with Crippen molar-refractivity contribution in [2.24, 2.45) is 5.92 Å². The summed E-state index contributed by atoms with van der Waals surface area (Å²) in [7, 11) is 0. The van der Waals surface area contributed by atoms with Crippen LogP contribution in [0.2, 0.25) is 0 Å². The first-order chi connectivity index (χ1) is 12.6. The topological polar surface area (TPSA) is 58.6 Å². The zero-order valence-electron chi connectivity index (χ0n) is 14.0. The van der Waals surface area contributed by atoms with Crippen molar-refractivity contribution >= 4 is 33.4 Å². The maximum absolute atomic E-state index is 13.4. The minimum absolute atomic E-state index is 0.0837. The molecule has 3 rings (SSSR count). The number of carbonyl (C=O) groups excluding carboxylic acids is 2. The number of para-hydroxylation sites is 2. The number of nitrogens with zero attached hydrogens (tertiary/aromatic N) is 1. The first-order valence-electron chi connectivity index (χ1n) is 8.26. The first kappa shape index (κ1) is 18.4. The molecular weight excluding hydrogens is 403 g/mol. The van der Waals surface area contributed by atoms with Crippen molar-refractivity contribution in [3.63, 3.8) is 0 Å². The monoisotopic (exact) mass is 420 g/mol. The van der Waals surface area contributed by atoms with E-state index in [2.05, 4.69) is 21.2 Å². The number of halogens is 2. The Balaban J connectivity index is 1.49. The lowest BCUT2D eigenvalue weighted by Gasteiger charge is -2.18. The lowest BCUT2D eigenvalue weighted by Crippen LogP contribution is -2.35. The van der Waals surface area contributed by atoms with Gasteiger partial charge in [-0.3, -0.25) is 9.59 Å². The Morgan fingerprint density at radius 3 is 2.73 bits per heavy atom. The summed E-state index contributed by atoms with van der Waals surface area (Å²) in [6, 6.07) is 13.5. The summed E-state index contributed by atoms with van der Waals surface area (Å²) in [5.74, 6) is -0.991. The van der Waals surface area contributed by atoms with E-state index in [0.717, 1.165) is 10.2 Å². The van der Waals surface area contributed by atoms with E-state index in [9.17, 15) is 14.0 Å². The van der Waals surface area contributed by atoms with E-state index in [1.165, 1.54) is 12.1 Å². The van der Waals surface area contributed by atoms with E-state index in [1.807, 2.05) is 24.3 Å². The molecule has 1 N–H and O–H groups in total. The second-order valence-corrected chi connectivity index (χ2v) is 6.78. The summed E-state index contributed by atoms with van der Waals surface area (Å²) in [6.07, 6.45) is 0.168. The number of anilines is 1. The van der Waals surface area contributed by atoms with Gasteiger partial charge >= 0.3 is 0 Å². The van der Waals surface area contributed by atoms with E-state index in [-0.39, 0.29) is 37.1 Å². The third kappa shape index (κ3) is 4.22. The number of benzene rings is 2. The van der Waals surface area contributed by atoms with Gasteiger partial charge in [-0.05, 0) is 40.2 Å². The quantitative estimate of drug-likeness (QED) is 0.730. The number of hydrogen-bond acceptors (Lipinski definition) is 3. The summed E-state index contributed by atoms with van der Waals surface area (Å²) in [5, 5.41) is 2.74. The normalized spacial score (nSPS) is 16.6. The number of hydrogen-bond donors (Lipinski definition) is 1. The Labute approximate surface area is 159 Å². The molecule has 5 nitrogen and oxygen atoms in total. The molecule has 26 heavy (non-hydrogen) atoms. The summed E-state index contributed by atoms with van der Waals surface area (Å²) >= 11 is 3.43. The molecule has 0 aromatic heterocycles. The molecule has 2 aromatic rings. The third-order valence-electron chi connectivity index (χ3n) is 4.13. The van der Waals surface area contributed by atoms with Gasteiger partial charge in [0, 0.05) is 17.4 Å². The molecule has 7 heteroatoms. The van der Waals surface area contributed by atoms with Crippen molar-refractivity contribution in [3.05, 3.63) is 58.8 Å². The van der Waals surface area contributed by atoms with Gasteiger partial charge in [0.15, 0.2) is 11.6 Å². The average Bonchev–Trinajstić information content (AvgIpc) is 3.02. The average molecular weight is 421 g/mol. The first-order valence-corrected chi connectivity index (χ1v) is 9.05. The molecule has 0 spiro atoms. The lowest BCUT2D eigenvalue weighted by molar-refractivity contribution is -0.126. The van der Waals surface area contributed by atoms with Gasteiger partial charge in [0.1, 0.15) is 6.61 Å². The predicted octanol–water partition coefficient (Wildman–Crippen LogP) is 3.14. The second kappa shape index (κ2) is 8.31. The Hall–Kier alpha value is -2.41. The van der Waals surface area contributed by atoms with E-state index < -0.39 is 11.7 Å². The molecule has 2 aromatic carbocycles. The largest absolute Gasteiger partial charge is 0.489 e. The third-order valence-corrected chi connectivity index (χ3v) is 4.81. The fourth-order valence-electron chi connectivity index (χ4n) is 2.83. The van der Waals surface area contributed by atoms with E-state index in [1.54, 1.807) is 17.0 Å². The Bertz CT molecular complexity index is 815. The number of nitrogens with one attached hydrogen (secondary N) is 1. The van der Waals surface area contributed by atoms with Gasteiger partial charge in [0.05, 0.1) is 18.2 Å². The zero-order valence-corrected chi connectivity index (χ0v) is 15.5. The van der Waals surface area contributed by atoms with Crippen LogP contribution in [0.1, 0.15) is 6.42 Å². The maximum atomic E-state index is 13.4. The van der Waals surface area contributed by atoms with Gasteiger partial charge in [0.25, 0.3) is 0 Å². The summed E-state index contributed by atoms with van der Waals surface area (Å²) in [6.45, 7) is 0.732. The highest BCUT2D eigenvalue weighted by Gasteiger charge is 2.35. The molecule has 1 fully saturated rings. The van der Waals surface area contributed by atoms with Crippen LogP contribution in [-0.2, 0) is 9.59 Å². The van der Waals surface area contributed by atoms with E-state index in [4.69, 9.17) is 4.74 Å². The van der Waals surface area contributed by atoms with E-state index >= 15 is 0 Å². The summed E-state index contributed by atoms with van der Waals surface area (Å²) < 4.78 is 19.6. The molecule has 0 saturated carbocycles. The molecule has 0 unspecified atom stereocenters. The highest BCUT2D eigenvalue weighted by Crippen LogP contribution is 2.31. The molecule has 1 heterocycles. The SMILES string of the molecule is O=C(NCCOc1ccccc1F)[C@@H]1CC(=O)N(c2ccccc2Br)C1. The molecule has 0 aliphatic carbocycles. The van der Waals surface area contributed by atoms with Crippen molar-refractivity contribution in [2.45, 2.75) is 6.42 Å². The summed E-state index contributed by atoms with van der Waals surface area (Å²) in [5.41, 5.74) is 0.760. The second-order valence-electron chi connectivity index (χ2n) is 5.93. The number of ether oxygens (including phenoxy) is 1. The van der Waals surface area contributed by atoms with Crippen molar-refractivity contribution < 1.29 is 18.7 Å². The fraction of sp³-hybridized carbons (Fsp3) is 0.263. The number of rotatable bonds is 6. The Morgan fingerprint density at radius 2 is 1.96 bits per heavy atom. The predicted molar refractivity (Wildman–Crippen MR) is 99.5 cm³/mol. The highest BCUT2D eigenvalue weighted by atomic mass is 79.9. The van der Waals surface area contributed by atoms with Crippen LogP contribution >= 0.6 is 15.9 Å². The molecule has 1 saturated heterocycles. The van der Waals surface area contributed by atoms with Gasteiger partial charge in [-0.1, -0.05) is 24.3 Å². The standard InChI is InChI=1S/C19H18BrFN2O3/c20-14-5-1-3-7-16(14)23-12-13(11-18(23)24)19(25)22-9-10-26-17-8-4-2-6-15(17)21/h1-8,13H,9-12H2,(H,22,25)/t13-/m1/s1. The zero-order chi connectivity index (χ0) is 18.5. The van der Waals surface area contributed by atoms with E-state index in [0.29, 0.717) is 6.54 Å². The van der Waals surface area contributed by atoms with Crippen LogP contribution in [0.25, 0.3) is 0 Å². The molecule has 1 atom stereocenters. The van der Waals surface area contributed by atoms with Gasteiger partial charge in [0.2, 0.25) is 11.8 Å². The summed E-state index contributed by atoms with van der Waals surface area (Å²) in [4.78, 5) is 26.2. The van der Waals surface area contributed by atoms with Crippen molar-refractivity contribution in [3.8, 4) is 5.75 Å². The lowest BCUT2D eigenvalue weighted by atomic mass is 10.1. The van der Waals surface area contributed by atoms with Gasteiger partial charge in [-0.2, -0.15) is 0 Å². The van der Waals surface area contributed by atoms with Crippen LogP contribution in [0.3, 0.4) is 0 Å². The van der Waals surface area contributed by atoms with Gasteiger partial charge in [-0.25, -0.2) is 4.39 Å². The Kier molecular flexibility index (Phi) is 5.88. The van der Waals surface area contributed by atoms with Crippen LogP contribution in [0, 0.1) is 11.7 Å². The fourth-order valence-corrected chi connectivity index (χ4v) is 3.33. The molecule has 2 amide bonds. The van der Waals surface area contributed by atoms with Crippen molar-refractivity contribution in [2.75, 3.05) is 24.6 Å². The highest BCUT2D eigenvalue weighted by molar-refractivity contribution is 9.10. The number of carbonyl (C=O) groups is 2. The molecule has 1 aliphatic rings. The molecular formula is C19H18BrFN2O3. The van der Waals surface area contributed by atoms with Crippen LogP contribution in [0.4, 0.5) is 10.1 Å². The molecule has 0 bridgehead atoms. The van der Waals surface area contributed by atoms with Crippen LogP contribution in [-0.4, -0.2) is 31.5 Å². The molecule has 0 radical (unpaired) electrons. The van der Waals surface area contributed by atoms with Gasteiger partial charge in [-0.15, -0.1) is 0 Å². The minimum atomic E-state index is -0.440. The van der Waals surface area contributed by atoms with Crippen molar-refractivity contribution in [1.29, 1.82) is 0 Å². The smallest absolute Gasteiger partial charge is 0.227 e.